The number of amides is 1. The molecule has 22 heavy (non-hydrogen) atoms. The molecule has 1 aromatic rings. The Morgan fingerprint density at radius 3 is 2.32 bits per heavy atom. The van der Waals surface area contributed by atoms with E-state index < -0.39 is 0 Å². The van der Waals surface area contributed by atoms with Crippen LogP contribution >= 0.6 is 0 Å². The molecule has 1 amide bonds. The molecule has 0 spiro atoms. The van der Waals surface area contributed by atoms with Gasteiger partial charge in [0.1, 0.15) is 0 Å². The van der Waals surface area contributed by atoms with Gasteiger partial charge in [-0.3, -0.25) is 4.79 Å². The predicted molar refractivity (Wildman–Crippen MR) is 90.9 cm³/mol. The van der Waals surface area contributed by atoms with Crippen LogP contribution in [0.5, 0.6) is 0 Å². The summed E-state index contributed by atoms with van der Waals surface area (Å²) in [5, 5.41) is 6.29. The molecule has 0 heterocycles. The molecule has 0 aliphatic rings. The number of methoxy groups -OCH3 is 1. The third kappa shape index (κ3) is 6.16. The number of hydrogen-bond donors (Lipinski definition) is 2. The lowest BCUT2D eigenvalue weighted by atomic mass is 9.95. The molecule has 124 valence electrons. The van der Waals surface area contributed by atoms with Gasteiger partial charge in [-0.2, -0.15) is 0 Å². The highest BCUT2D eigenvalue weighted by Crippen LogP contribution is 2.21. The molecule has 0 aliphatic carbocycles. The summed E-state index contributed by atoms with van der Waals surface area (Å²) in [5.41, 5.74) is 2.56. The standard InChI is InChI=1S/C18H30N2O2/c1-6-15-7-9-16(10-8-15)18(13(2)3)19-11-17(21)20-14(4)12-22-5/h7-10,13-14,18-19H,6,11-12H2,1-5H3,(H,20,21). The van der Waals surface area contributed by atoms with Crippen molar-refractivity contribution in [3.05, 3.63) is 35.4 Å². The van der Waals surface area contributed by atoms with Crippen molar-refractivity contribution in [1.82, 2.24) is 10.6 Å². The molecule has 2 N–H and O–H groups in total. The van der Waals surface area contributed by atoms with Crippen LogP contribution in [0.3, 0.4) is 0 Å². The number of carbonyl (C=O) groups excluding carboxylic acids is 1. The van der Waals surface area contributed by atoms with Crippen molar-refractivity contribution in [2.75, 3.05) is 20.3 Å². The number of benzene rings is 1. The van der Waals surface area contributed by atoms with Gasteiger partial charge in [0, 0.05) is 19.2 Å². The minimum absolute atomic E-state index is 0.000350. The average molecular weight is 306 g/mol. The molecule has 0 fully saturated rings. The van der Waals surface area contributed by atoms with Gasteiger partial charge in [-0.1, -0.05) is 45.0 Å². The molecule has 2 atom stereocenters. The largest absolute Gasteiger partial charge is 0.383 e. The van der Waals surface area contributed by atoms with Crippen LogP contribution in [-0.2, 0) is 16.0 Å². The Morgan fingerprint density at radius 2 is 1.82 bits per heavy atom. The zero-order valence-corrected chi connectivity index (χ0v) is 14.5. The first-order valence-electron chi connectivity index (χ1n) is 8.08. The summed E-state index contributed by atoms with van der Waals surface area (Å²) in [4.78, 5) is 12.0. The fourth-order valence-corrected chi connectivity index (χ4v) is 2.52. The van der Waals surface area contributed by atoms with E-state index in [0.29, 0.717) is 19.1 Å². The van der Waals surface area contributed by atoms with Crippen LogP contribution in [0, 0.1) is 5.92 Å². The molecule has 1 rings (SSSR count). The van der Waals surface area contributed by atoms with Crippen molar-refractivity contribution in [1.29, 1.82) is 0 Å². The van der Waals surface area contributed by atoms with E-state index in [1.807, 2.05) is 6.92 Å². The number of rotatable bonds is 9. The van der Waals surface area contributed by atoms with Crippen LogP contribution in [0.25, 0.3) is 0 Å². The Balaban J connectivity index is 2.59. The second-order valence-corrected chi connectivity index (χ2v) is 6.12. The topological polar surface area (TPSA) is 50.4 Å². The molecule has 4 nitrogen and oxygen atoms in total. The second-order valence-electron chi connectivity index (χ2n) is 6.12. The van der Waals surface area contributed by atoms with E-state index in [1.54, 1.807) is 7.11 Å². The first-order chi connectivity index (χ1) is 10.5. The van der Waals surface area contributed by atoms with E-state index in [0.717, 1.165) is 6.42 Å². The van der Waals surface area contributed by atoms with Gasteiger partial charge in [-0.25, -0.2) is 0 Å². The minimum atomic E-state index is 0.000350. The van der Waals surface area contributed by atoms with Gasteiger partial charge in [0.05, 0.1) is 13.2 Å². The van der Waals surface area contributed by atoms with E-state index in [-0.39, 0.29) is 18.0 Å². The van der Waals surface area contributed by atoms with Crippen LogP contribution in [-0.4, -0.2) is 32.2 Å². The molecule has 0 aliphatic heterocycles. The van der Waals surface area contributed by atoms with Crippen LogP contribution in [0.15, 0.2) is 24.3 Å². The maximum absolute atomic E-state index is 12.0. The quantitative estimate of drug-likeness (QED) is 0.737. The first-order valence-corrected chi connectivity index (χ1v) is 8.08. The van der Waals surface area contributed by atoms with Crippen molar-refractivity contribution in [2.45, 2.75) is 46.2 Å². The summed E-state index contributed by atoms with van der Waals surface area (Å²) in [6.45, 7) is 9.25. The maximum Gasteiger partial charge on any atom is 0.234 e. The summed E-state index contributed by atoms with van der Waals surface area (Å²) >= 11 is 0. The van der Waals surface area contributed by atoms with Crippen molar-refractivity contribution in [2.24, 2.45) is 5.92 Å². The normalized spacial score (nSPS) is 13.9. The van der Waals surface area contributed by atoms with E-state index in [2.05, 4.69) is 55.7 Å². The molecule has 2 unspecified atom stereocenters. The number of carbonyl (C=O) groups is 1. The van der Waals surface area contributed by atoms with E-state index >= 15 is 0 Å². The molecule has 0 radical (unpaired) electrons. The summed E-state index contributed by atoms with van der Waals surface area (Å²) in [5.74, 6) is 0.414. The molecule has 0 saturated carbocycles. The second kappa shape index (κ2) is 9.59. The van der Waals surface area contributed by atoms with Gasteiger partial charge in [-0.15, -0.1) is 0 Å². The third-order valence-electron chi connectivity index (χ3n) is 3.72. The SMILES string of the molecule is CCc1ccc(C(NCC(=O)NC(C)COC)C(C)C)cc1. The zero-order valence-electron chi connectivity index (χ0n) is 14.5. The number of nitrogens with one attached hydrogen (secondary N) is 2. The number of ether oxygens (including phenoxy) is 1. The van der Waals surface area contributed by atoms with Crippen LogP contribution in [0.2, 0.25) is 0 Å². The van der Waals surface area contributed by atoms with Gasteiger partial charge in [0.15, 0.2) is 0 Å². The lowest BCUT2D eigenvalue weighted by molar-refractivity contribution is -0.121. The Labute approximate surface area is 134 Å². The highest BCUT2D eigenvalue weighted by Gasteiger charge is 2.17. The minimum Gasteiger partial charge on any atom is -0.383 e. The van der Waals surface area contributed by atoms with Gasteiger partial charge in [0.2, 0.25) is 5.91 Å². The first kappa shape index (κ1) is 18.7. The van der Waals surface area contributed by atoms with Crippen LogP contribution < -0.4 is 10.6 Å². The van der Waals surface area contributed by atoms with E-state index in [1.165, 1.54) is 11.1 Å². The third-order valence-corrected chi connectivity index (χ3v) is 3.72. The van der Waals surface area contributed by atoms with E-state index in [9.17, 15) is 4.79 Å². The Morgan fingerprint density at radius 1 is 1.18 bits per heavy atom. The average Bonchev–Trinajstić information content (AvgIpc) is 2.48. The molecular weight excluding hydrogens is 276 g/mol. The van der Waals surface area contributed by atoms with Gasteiger partial charge in [-0.05, 0) is 30.4 Å². The van der Waals surface area contributed by atoms with Crippen LogP contribution in [0.1, 0.15) is 44.9 Å². The fraction of sp³-hybridized carbons (Fsp3) is 0.611. The Kier molecular flexibility index (Phi) is 8.13. The van der Waals surface area contributed by atoms with Crippen molar-refractivity contribution < 1.29 is 9.53 Å². The van der Waals surface area contributed by atoms with Crippen molar-refractivity contribution in [3.63, 3.8) is 0 Å². The lowest BCUT2D eigenvalue weighted by Gasteiger charge is -2.23. The summed E-state index contributed by atoms with van der Waals surface area (Å²) < 4.78 is 5.02. The number of aryl methyl sites for hydroxylation is 1. The van der Waals surface area contributed by atoms with Gasteiger partial charge >= 0.3 is 0 Å². The Bertz CT molecular complexity index is 443. The lowest BCUT2D eigenvalue weighted by Crippen LogP contribution is -2.42. The summed E-state index contributed by atoms with van der Waals surface area (Å²) in [7, 11) is 1.63. The molecule has 0 bridgehead atoms. The van der Waals surface area contributed by atoms with Crippen LogP contribution in [0.4, 0.5) is 0 Å². The monoisotopic (exact) mass is 306 g/mol. The highest BCUT2D eigenvalue weighted by atomic mass is 16.5. The van der Waals surface area contributed by atoms with E-state index in [4.69, 9.17) is 4.74 Å². The fourth-order valence-electron chi connectivity index (χ4n) is 2.52. The predicted octanol–water partition coefficient (Wildman–Crippen LogP) is 2.69. The molecule has 4 heteroatoms. The van der Waals surface area contributed by atoms with Crippen molar-refractivity contribution in [3.8, 4) is 0 Å². The van der Waals surface area contributed by atoms with Crippen molar-refractivity contribution >= 4 is 5.91 Å². The Hall–Kier alpha value is -1.39. The smallest absolute Gasteiger partial charge is 0.234 e. The van der Waals surface area contributed by atoms with Gasteiger partial charge < -0.3 is 15.4 Å². The molecule has 1 aromatic carbocycles. The highest BCUT2D eigenvalue weighted by molar-refractivity contribution is 5.78. The maximum atomic E-state index is 12.0. The molecule has 0 saturated heterocycles. The summed E-state index contributed by atoms with van der Waals surface area (Å²) in [6.07, 6.45) is 1.04. The summed E-state index contributed by atoms with van der Waals surface area (Å²) in [6, 6.07) is 8.83. The number of hydrogen-bond acceptors (Lipinski definition) is 3. The molecular formula is C18H30N2O2. The zero-order chi connectivity index (χ0) is 16.5. The van der Waals surface area contributed by atoms with Gasteiger partial charge in [0.25, 0.3) is 0 Å². The molecule has 0 aromatic heterocycles.